The highest BCUT2D eigenvalue weighted by Crippen LogP contribution is 2.39. The first kappa shape index (κ1) is 37.4. The standard InChI is InChI=1S/C39H47N3O8/c1-7-42(8-2)29-16-13-28-24-32(39(45)50-33(28)25-29)38(44)41-20-12-10-9-11-19-40-37(43)31(27-14-17-30(46-3)18-15-27)21-26-22-34(47-4)36(49-6)35(23-26)48-5/h13-18,21-25H,7-12,19-20H2,1-6H3,(H,40,43)(H,41,44)/b31-21+. The Morgan fingerprint density at radius 3 is 1.98 bits per heavy atom. The zero-order valence-corrected chi connectivity index (χ0v) is 29.7. The number of hydrogen-bond acceptors (Lipinski definition) is 9. The van der Waals surface area contributed by atoms with Gasteiger partial charge in [0.2, 0.25) is 5.75 Å². The molecular weight excluding hydrogens is 638 g/mol. The lowest BCUT2D eigenvalue weighted by molar-refractivity contribution is -0.115. The Hall–Kier alpha value is -5.45. The molecule has 4 rings (SSSR count). The zero-order valence-electron chi connectivity index (χ0n) is 29.7. The van der Waals surface area contributed by atoms with E-state index >= 15 is 0 Å². The van der Waals surface area contributed by atoms with E-state index < -0.39 is 11.5 Å². The van der Waals surface area contributed by atoms with E-state index in [0.717, 1.165) is 50.0 Å². The normalized spacial score (nSPS) is 11.2. The Morgan fingerprint density at radius 1 is 0.760 bits per heavy atom. The van der Waals surface area contributed by atoms with Crippen molar-refractivity contribution in [2.45, 2.75) is 39.5 Å². The monoisotopic (exact) mass is 685 g/mol. The highest BCUT2D eigenvalue weighted by atomic mass is 16.5. The van der Waals surface area contributed by atoms with Crippen LogP contribution in [0.2, 0.25) is 0 Å². The summed E-state index contributed by atoms with van der Waals surface area (Å²) in [6.07, 6.45) is 4.94. The molecule has 2 amide bonds. The van der Waals surface area contributed by atoms with Crippen LogP contribution in [0, 0.1) is 0 Å². The van der Waals surface area contributed by atoms with E-state index in [9.17, 15) is 14.4 Å². The van der Waals surface area contributed by atoms with Crippen molar-refractivity contribution in [2.75, 3.05) is 59.5 Å². The smallest absolute Gasteiger partial charge is 0.349 e. The number of nitrogens with one attached hydrogen (secondary N) is 2. The van der Waals surface area contributed by atoms with Crippen LogP contribution in [-0.4, -0.2) is 66.4 Å². The number of anilines is 1. The molecule has 0 atom stereocenters. The van der Waals surface area contributed by atoms with Gasteiger partial charge >= 0.3 is 5.63 Å². The molecule has 3 aromatic carbocycles. The van der Waals surface area contributed by atoms with Gasteiger partial charge in [-0.25, -0.2) is 4.79 Å². The molecule has 0 radical (unpaired) electrons. The molecule has 0 bridgehead atoms. The lowest BCUT2D eigenvalue weighted by Gasteiger charge is -2.21. The van der Waals surface area contributed by atoms with Crippen molar-refractivity contribution in [2.24, 2.45) is 0 Å². The molecule has 11 nitrogen and oxygen atoms in total. The van der Waals surface area contributed by atoms with Crippen LogP contribution in [0.1, 0.15) is 61.0 Å². The molecule has 0 aliphatic carbocycles. The summed E-state index contributed by atoms with van der Waals surface area (Å²) in [7, 11) is 6.22. The average Bonchev–Trinajstić information content (AvgIpc) is 3.14. The van der Waals surface area contributed by atoms with Gasteiger partial charge in [0.1, 0.15) is 16.9 Å². The van der Waals surface area contributed by atoms with Crippen molar-refractivity contribution in [3.8, 4) is 23.0 Å². The topological polar surface area (TPSA) is 129 Å². The molecule has 11 heteroatoms. The summed E-state index contributed by atoms with van der Waals surface area (Å²) >= 11 is 0. The van der Waals surface area contributed by atoms with E-state index in [1.165, 1.54) is 7.11 Å². The Balaban J connectivity index is 1.30. The summed E-state index contributed by atoms with van der Waals surface area (Å²) in [4.78, 5) is 41.0. The zero-order chi connectivity index (χ0) is 36.0. The molecule has 1 heterocycles. The number of ether oxygens (including phenoxy) is 4. The van der Waals surface area contributed by atoms with Gasteiger partial charge in [0.25, 0.3) is 11.8 Å². The molecular formula is C39H47N3O8. The van der Waals surface area contributed by atoms with Crippen LogP contribution in [0.25, 0.3) is 22.6 Å². The Morgan fingerprint density at radius 2 is 1.40 bits per heavy atom. The number of hydrogen-bond donors (Lipinski definition) is 2. The molecule has 0 unspecified atom stereocenters. The predicted molar refractivity (Wildman–Crippen MR) is 197 cm³/mol. The number of methoxy groups -OCH3 is 4. The number of amides is 2. The number of rotatable bonds is 18. The first-order valence-corrected chi connectivity index (χ1v) is 16.8. The SMILES string of the molecule is CCN(CC)c1ccc2cc(C(=O)NCCCCCCNC(=O)/C(=C/c3cc(OC)c(OC)c(OC)c3)c3ccc(OC)cc3)c(=O)oc2c1. The second-order valence-corrected chi connectivity index (χ2v) is 11.5. The number of carbonyl (C=O) groups excluding carboxylic acids is 2. The predicted octanol–water partition coefficient (Wildman–Crippen LogP) is 6.32. The van der Waals surface area contributed by atoms with Crippen LogP contribution >= 0.6 is 0 Å². The number of unbranched alkanes of at least 4 members (excludes halogenated alkanes) is 3. The van der Waals surface area contributed by atoms with Gasteiger partial charge in [-0.2, -0.15) is 0 Å². The van der Waals surface area contributed by atoms with E-state index in [1.54, 1.807) is 57.7 Å². The second-order valence-electron chi connectivity index (χ2n) is 11.5. The molecule has 0 fully saturated rings. The molecule has 2 N–H and O–H groups in total. The van der Waals surface area contributed by atoms with Gasteiger partial charge in [-0.05, 0) is 86.4 Å². The van der Waals surface area contributed by atoms with Crippen LogP contribution in [0.5, 0.6) is 23.0 Å². The number of benzene rings is 3. The quantitative estimate of drug-likeness (QED) is 0.0535. The third-order valence-electron chi connectivity index (χ3n) is 8.41. The number of carbonyl (C=O) groups is 2. The first-order chi connectivity index (χ1) is 24.3. The van der Waals surface area contributed by atoms with Gasteiger partial charge < -0.3 is 38.9 Å². The van der Waals surface area contributed by atoms with Crippen LogP contribution in [0.3, 0.4) is 0 Å². The summed E-state index contributed by atoms with van der Waals surface area (Å²) in [5, 5.41) is 6.56. The van der Waals surface area contributed by atoms with Crippen molar-refractivity contribution >= 4 is 40.1 Å². The summed E-state index contributed by atoms with van der Waals surface area (Å²) in [5.41, 5.74) is 2.64. The molecule has 0 spiro atoms. The number of nitrogens with zero attached hydrogens (tertiary/aromatic N) is 1. The van der Waals surface area contributed by atoms with Gasteiger partial charge in [0.05, 0.1) is 28.4 Å². The Labute approximate surface area is 293 Å². The molecule has 0 saturated carbocycles. The van der Waals surface area contributed by atoms with Crippen LogP contribution in [-0.2, 0) is 4.79 Å². The first-order valence-electron chi connectivity index (χ1n) is 16.8. The van der Waals surface area contributed by atoms with Gasteiger partial charge in [-0.1, -0.05) is 25.0 Å². The minimum Gasteiger partial charge on any atom is -0.497 e. The molecule has 4 aromatic rings. The van der Waals surface area contributed by atoms with E-state index in [1.807, 2.05) is 30.3 Å². The molecule has 1 aromatic heterocycles. The van der Waals surface area contributed by atoms with E-state index in [-0.39, 0.29) is 11.5 Å². The van der Waals surface area contributed by atoms with E-state index in [0.29, 0.717) is 58.2 Å². The van der Waals surface area contributed by atoms with Gasteiger partial charge in [-0.3, -0.25) is 9.59 Å². The van der Waals surface area contributed by atoms with Crippen molar-refractivity contribution in [1.29, 1.82) is 0 Å². The molecule has 50 heavy (non-hydrogen) atoms. The summed E-state index contributed by atoms with van der Waals surface area (Å²) in [6, 6.07) is 18.1. The molecule has 0 aliphatic rings. The number of fused-ring (bicyclic) bond motifs is 1. The maximum absolute atomic E-state index is 13.5. The second kappa shape index (κ2) is 18.4. The largest absolute Gasteiger partial charge is 0.497 e. The van der Waals surface area contributed by atoms with Crippen molar-refractivity contribution in [3.63, 3.8) is 0 Å². The summed E-state index contributed by atoms with van der Waals surface area (Å²) in [6.45, 7) is 6.69. The molecule has 266 valence electrons. The third-order valence-corrected chi connectivity index (χ3v) is 8.41. The summed E-state index contributed by atoms with van der Waals surface area (Å²) in [5.74, 6) is 1.43. The van der Waals surface area contributed by atoms with Crippen molar-refractivity contribution in [1.82, 2.24) is 10.6 Å². The highest BCUT2D eigenvalue weighted by Gasteiger charge is 2.17. The lowest BCUT2D eigenvalue weighted by atomic mass is 10.0. The minimum absolute atomic E-state index is 0.0111. The maximum Gasteiger partial charge on any atom is 0.349 e. The molecule has 0 aliphatic heterocycles. The fraction of sp³-hybridized carbons (Fsp3) is 0.359. The van der Waals surface area contributed by atoms with Gasteiger partial charge in [0, 0.05) is 48.9 Å². The summed E-state index contributed by atoms with van der Waals surface area (Å²) < 4.78 is 27.2. The lowest BCUT2D eigenvalue weighted by Crippen LogP contribution is -2.29. The van der Waals surface area contributed by atoms with Crippen LogP contribution in [0.4, 0.5) is 5.69 Å². The molecule has 0 saturated heterocycles. The minimum atomic E-state index is -0.657. The van der Waals surface area contributed by atoms with Gasteiger partial charge in [0.15, 0.2) is 11.5 Å². The van der Waals surface area contributed by atoms with E-state index in [2.05, 4.69) is 29.4 Å². The average molecular weight is 686 g/mol. The van der Waals surface area contributed by atoms with Crippen LogP contribution < -0.4 is 40.1 Å². The Bertz CT molecular complexity index is 1820. The van der Waals surface area contributed by atoms with Crippen LogP contribution in [0.15, 0.2) is 69.9 Å². The van der Waals surface area contributed by atoms with Gasteiger partial charge in [-0.15, -0.1) is 0 Å². The highest BCUT2D eigenvalue weighted by molar-refractivity contribution is 6.24. The Kier molecular flexibility index (Phi) is 13.7. The fourth-order valence-corrected chi connectivity index (χ4v) is 5.64. The van der Waals surface area contributed by atoms with Crippen molar-refractivity contribution in [3.05, 3.63) is 87.8 Å². The maximum atomic E-state index is 13.5. The van der Waals surface area contributed by atoms with E-state index in [4.69, 9.17) is 23.4 Å². The fourth-order valence-electron chi connectivity index (χ4n) is 5.64. The third kappa shape index (κ3) is 9.37. The van der Waals surface area contributed by atoms with Crippen molar-refractivity contribution < 1.29 is 33.0 Å².